The van der Waals surface area contributed by atoms with Gasteiger partial charge in [0.05, 0.1) is 12.0 Å². The highest BCUT2D eigenvalue weighted by atomic mass is 32.2. The molecule has 1 heterocycles. The maximum absolute atomic E-state index is 13.5. The van der Waals surface area contributed by atoms with Crippen molar-refractivity contribution >= 4 is 31.6 Å². The Morgan fingerprint density at radius 1 is 0.947 bits per heavy atom. The molecule has 2 aliphatic rings. The van der Waals surface area contributed by atoms with Crippen LogP contribution in [0.1, 0.15) is 68.6 Å². The third-order valence-electron chi connectivity index (χ3n) is 7.63. The van der Waals surface area contributed by atoms with Gasteiger partial charge in [-0.1, -0.05) is 25.7 Å². The summed E-state index contributed by atoms with van der Waals surface area (Å²) in [7, 11) is -4.49. The van der Waals surface area contributed by atoms with E-state index in [2.05, 4.69) is 5.32 Å². The Hall–Kier alpha value is -2.47. The number of carbonyl (C=O) groups is 1. The summed E-state index contributed by atoms with van der Waals surface area (Å²) < 4.78 is 61.4. The van der Waals surface area contributed by atoms with Crippen LogP contribution in [0.15, 0.2) is 52.3 Å². The van der Waals surface area contributed by atoms with E-state index in [1.165, 1.54) is 58.2 Å². The van der Waals surface area contributed by atoms with Crippen LogP contribution >= 0.6 is 0 Å². The van der Waals surface area contributed by atoms with Gasteiger partial charge in [-0.15, -0.1) is 0 Å². The monoisotopic (exact) mass is 563 g/mol. The predicted octanol–water partition coefficient (Wildman–Crippen LogP) is 4.46. The summed E-state index contributed by atoms with van der Waals surface area (Å²) >= 11 is 0. The van der Waals surface area contributed by atoms with E-state index in [9.17, 15) is 21.6 Å². The third-order valence-corrected chi connectivity index (χ3v) is 11.6. The average Bonchev–Trinajstić information content (AvgIpc) is 2.93. The zero-order valence-corrected chi connectivity index (χ0v) is 23.9. The van der Waals surface area contributed by atoms with E-state index in [0.717, 1.165) is 51.4 Å². The van der Waals surface area contributed by atoms with E-state index in [0.29, 0.717) is 12.2 Å². The van der Waals surface area contributed by atoms with Gasteiger partial charge in [0.1, 0.15) is 10.6 Å². The fraction of sp³-hybridized carbons (Fsp3) is 0.519. The van der Waals surface area contributed by atoms with Gasteiger partial charge >= 0.3 is 0 Å². The zero-order chi connectivity index (χ0) is 27.5. The van der Waals surface area contributed by atoms with E-state index in [1.807, 2.05) is 6.92 Å². The minimum Gasteiger partial charge on any atom is -0.495 e. The molecule has 4 rings (SSSR count). The number of hydrogen-bond acceptors (Lipinski definition) is 6. The van der Waals surface area contributed by atoms with Gasteiger partial charge in [0.15, 0.2) is 0 Å². The highest BCUT2D eigenvalue weighted by molar-refractivity contribution is 7.89. The first-order chi connectivity index (χ1) is 18.1. The van der Waals surface area contributed by atoms with Crippen molar-refractivity contribution in [3.05, 3.63) is 48.0 Å². The summed E-state index contributed by atoms with van der Waals surface area (Å²) in [6.45, 7) is 2.31. The standard InChI is InChI=1S/C27H37N3O6S2/c1-20-9-7-8-18-30(20)38(34,35)26-19-21(12-17-25(26)36-3)27(31)28-22-13-15-24(16-14-22)37(32,33)29(2)23-10-5-4-6-11-23/h12-17,19-20,23H,4-11,18H2,1-3H3,(H,28,31)/t20-/m1/s1. The first-order valence-electron chi connectivity index (χ1n) is 13.1. The SMILES string of the molecule is COc1ccc(C(=O)Nc2ccc(S(=O)(=O)N(C)C3CCCCC3)cc2)cc1S(=O)(=O)N1CCCC[C@H]1C. The van der Waals surface area contributed by atoms with Crippen LogP contribution in [-0.2, 0) is 20.0 Å². The molecule has 0 unspecified atom stereocenters. The molecule has 0 bridgehead atoms. The van der Waals surface area contributed by atoms with Gasteiger partial charge in [0, 0.05) is 36.9 Å². The van der Waals surface area contributed by atoms with Crippen molar-refractivity contribution in [2.24, 2.45) is 0 Å². The molecule has 1 N–H and O–H groups in total. The van der Waals surface area contributed by atoms with Crippen LogP contribution in [0.5, 0.6) is 5.75 Å². The molecular weight excluding hydrogens is 526 g/mol. The van der Waals surface area contributed by atoms with Crippen molar-refractivity contribution in [3.8, 4) is 5.75 Å². The molecule has 0 radical (unpaired) electrons. The number of anilines is 1. The van der Waals surface area contributed by atoms with Crippen LogP contribution < -0.4 is 10.1 Å². The Kier molecular flexibility index (Phi) is 8.81. The topological polar surface area (TPSA) is 113 Å². The molecule has 0 spiro atoms. The fourth-order valence-corrected chi connectivity index (χ4v) is 8.59. The molecule has 1 amide bonds. The van der Waals surface area contributed by atoms with Crippen LogP contribution in [0.25, 0.3) is 0 Å². The number of nitrogens with zero attached hydrogens (tertiary/aromatic N) is 2. The number of hydrogen-bond donors (Lipinski definition) is 1. The van der Waals surface area contributed by atoms with E-state index in [1.54, 1.807) is 7.05 Å². The Labute approximate surface area is 226 Å². The predicted molar refractivity (Wildman–Crippen MR) is 146 cm³/mol. The number of nitrogens with one attached hydrogen (secondary N) is 1. The highest BCUT2D eigenvalue weighted by Gasteiger charge is 2.34. The smallest absolute Gasteiger partial charge is 0.255 e. The molecule has 1 aliphatic heterocycles. The summed E-state index contributed by atoms with van der Waals surface area (Å²) in [6.07, 6.45) is 7.46. The second-order valence-electron chi connectivity index (χ2n) is 10.1. The van der Waals surface area contributed by atoms with Crippen molar-refractivity contribution in [2.45, 2.75) is 80.2 Å². The van der Waals surface area contributed by atoms with Crippen LogP contribution in [0, 0.1) is 0 Å². The van der Waals surface area contributed by atoms with Crippen LogP contribution in [0.3, 0.4) is 0 Å². The molecule has 1 aliphatic carbocycles. The summed E-state index contributed by atoms with van der Waals surface area (Å²) in [4.78, 5) is 13.2. The maximum atomic E-state index is 13.5. The normalized spacial score (nSPS) is 19.8. The second kappa shape index (κ2) is 11.7. The number of piperidine rings is 1. The number of carbonyl (C=O) groups excluding carboxylic acids is 1. The van der Waals surface area contributed by atoms with Gasteiger partial charge in [-0.05, 0) is 75.1 Å². The number of sulfonamides is 2. The molecule has 2 aromatic rings. The highest BCUT2D eigenvalue weighted by Crippen LogP contribution is 2.32. The third kappa shape index (κ3) is 5.90. The Morgan fingerprint density at radius 3 is 2.24 bits per heavy atom. The van der Waals surface area contributed by atoms with Gasteiger partial charge in [-0.25, -0.2) is 16.8 Å². The molecule has 2 fully saturated rings. The van der Waals surface area contributed by atoms with Gasteiger partial charge in [0.25, 0.3) is 5.91 Å². The minimum absolute atomic E-state index is 0.00148. The largest absolute Gasteiger partial charge is 0.495 e. The molecular formula is C27H37N3O6S2. The van der Waals surface area contributed by atoms with Gasteiger partial charge < -0.3 is 10.1 Å². The molecule has 0 aromatic heterocycles. The summed E-state index contributed by atoms with van der Waals surface area (Å²) in [5.74, 6) is -0.332. The average molecular weight is 564 g/mol. The van der Waals surface area contributed by atoms with Gasteiger partial charge in [-0.3, -0.25) is 4.79 Å². The number of rotatable bonds is 8. The molecule has 1 saturated heterocycles. The Morgan fingerprint density at radius 2 is 1.61 bits per heavy atom. The molecule has 208 valence electrons. The van der Waals surface area contributed by atoms with Crippen molar-refractivity contribution in [2.75, 3.05) is 26.0 Å². The quantitative estimate of drug-likeness (QED) is 0.507. The zero-order valence-electron chi connectivity index (χ0n) is 22.2. The lowest BCUT2D eigenvalue weighted by molar-refractivity contribution is 0.102. The second-order valence-corrected chi connectivity index (χ2v) is 14.0. The molecule has 2 aromatic carbocycles. The minimum atomic E-state index is -3.87. The summed E-state index contributed by atoms with van der Waals surface area (Å²) in [5, 5.41) is 2.74. The van der Waals surface area contributed by atoms with Gasteiger partial charge in [0.2, 0.25) is 20.0 Å². The van der Waals surface area contributed by atoms with Crippen molar-refractivity contribution in [1.29, 1.82) is 0 Å². The van der Waals surface area contributed by atoms with E-state index in [4.69, 9.17) is 4.74 Å². The molecule has 9 nitrogen and oxygen atoms in total. The van der Waals surface area contributed by atoms with Crippen LogP contribution in [-0.4, -0.2) is 64.1 Å². The van der Waals surface area contributed by atoms with Crippen molar-refractivity contribution in [1.82, 2.24) is 8.61 Å². The van der Waals surface area contributed by atoms with E-state index in [-0.39, 0.29) is 33.2 Å². The maximum Gasteiger partial charge on any atom is 0.255 e. The van der Waals surface area contributed by atoms with Crippen molar-refractivity contribution in [3.63, 3.8) is 0 Å². The molecule has 1 saturated carbocycles. The number of amides is 1. The van der Waals surface area contributed by atoms with E-state index >= 15 is 0 Å². The molecule has 11 heteroatoms. The Bertz CT molecular complexity index is 1350. The van der Waals surface area contributed by atoms with Crippen LogP contribution in [0.4, 0.5) is 5.69 Å². The molecule has 1 atom stereocenters. The van der Waals surface area contributed by atoms with Crippen LogP contribution in [0.2, 0.25) is 0 Å². The first-order valence-corrected chi connectivity index (χ1v) is 16.0. The lowest BCUT2D eigenvalue weighted by Gasteiger charge is -2.32. The first kappa shape index (κ1) is 28.5. The number of methoxy groups -OCH3 is 1. The van der Waals surface area contributed by atoms with Gasteiger partial charge in [-0.2, -0.15) is 8.61 Å². The lowest BCUT2D eigenvalue weighted by Crippen LogP contribution is -2.42. The molecule has 38 heavy (non-hydrogen) atoms. The fourth-order valence-electron chi connectivity index (χ4n) is 5.30. The summed E-state index contributed by atoms with van der Waals surface area (Å²) in [6, 6.07) is 10.2. The van der Waals surface area contributed by atoms with E-state index < -0.39 is 26.0 Å². The summed E-state index contributed by atoms with van der Waals surface area (Å²) in [5.41, 5.74) is 0.557. The number of benzene rings is 2. The van der Waals surface area contributed by atoms with Crippen molar-refractivity contribution < 1.29 is 26.4 Å². The lowest BCUT2D eigenvalue weighted by atomic mass is 9.96. The Balaban J connectivity index is 1.52. The number of ether oxygens (including phenoxy) is 1.